The molecule has 3 heterocycles. The van der Waals surface area contributed by atoms with Crippen molar-refractivity contribution in [2.75, 3.05) is 48.1 Å². The van der Waals surface area contributed by atoms with Gasteiger partial charge < -0.3 is 34.1 Å². The molecule has 0 spiro atoms. The maximum Gasteiger partial charge on any atom is 0.161 e. The van der Waals surface area contributed by atoms with Gasteiger partial charge in [0.05, 0.1) is 41.5 Å². The molecule has 1 N–H and O–H groups in total. The molecule has 196 valence electrons. The predicted molar refractivity (Wildman–Crippen MR) is 140 cm³/mol. The number of hydroxylamine groups is 3. The zero-order valence-corrected chi connectivity index (χ0v) is 22.3. The molecule has 3 aliphatic heterocycles. The quantitative estimate of drug-likeness (QED) is 0.432. The highest BCUT2D eigenvalue weighted by Gasteiger charge is 2.46. The van der Waals surface area contributed by atoms with Gasteiger partial charge in [0.1, 0.15) is 6.04 Å². The Morgan fingerprint density at radius 2 is 1.42 bits per heavy atom. The first-order valence-corrected chi connectivity index (χ1v) is 13.2. The summed E-state index contributed by atoms with van der Waals surface area (Å²) in [5.74, 6) is 3.88. The molecule has 2 aromatic carbocycles. The van der Waals surface area contributed by atoms with Crippen LogP contribution in [-0.2, 0) is 12.8 Å². The average molecular weight is 497 g/mol. The van der Waals surface area contributed by atoms with Crippen LogP contribution in [0.1, 0.15) is 60.5 Å². The van der Waals surface area contributed by atoms with Crippen molar-refractivity contribution in [2.45, 2.75) is 51.1 Å². The summed E-state index contributed by atoms with van der Waals surface area (Å²) < 4.78 is 22.2. The minimum atomic E-state index is -0.114. The van der Waals surface area contributed by atoms with Crippen LogP contribution in [-0.4, -0.2) is 52.7 Å². The molecule has 1 saturated heterocycles. The Labute approximate surface area is 214 Å². The predicted octanol–water partition coefficient (Wildman–Crippen LogP) is 4.96. The molecule has 0 saturated carbocycles. The Bertz CT molecular complexity index is 1110. The summed E-state index contributed by atoms with van der Waals surface area (Å²) in [6.07, 6.45) is 4.71. The first-order valence-electron chi connectivity index (χ1n) is 13.2. The maximum absolute atomic E-state index is 14.2. The minimum Gasteiger partial charge on any atom is -0.632 e. The Morgan fingerprint density at radius 3 is 2.03 bits per heavy atom. The van der Waals surface area contributed by atoms with Gasteiger partial charge in [0, 0.05) is 30.4 Å². The zero-order chi connectivity index (χ0) is 25.4. The van der Waals surface area contributed by atoms with Crippen LogP contribution >= 0.6 is 0 Å². The van der Waals surface area contributed by atoms with Crippen LogP contribution in [0.5, 0.6) is 23.0 Å². The van der Waals surface area contributed by atoms with Gasteiger partial charge in [0.25, 0.3) is 0 Å². The fourth-order valence-corrected chi connectivity index (χ4v) is 6.98. The zero-order valence-electron chi connectivity index (χ0n) is 22.3. The van der Waals surface area contributed by atoms with Gasteiger partial charge in [-0.05, 0) is 72.7 Å². The second kappa shape index (κ2) is 10.1. The number of methoxy groups -OCH3 is 4. The Morgan fingerprint density at radius 1 is 0.833 bits per heavy atom. The van der Waals surface area contributed by atoms with Crippen molar-refractivity contribution in [3.05, 3.63) is 51.7 Å². The van der Waals surface area contributed by atoms with Gasteiger partial charge in [-0.2, -0.15) is 0 Å². The number of rotatable bonds is 7. The minimum absolute atomic E-state index is 0.0604. The van der Waals surface area contributed by atoms with E-state index in [1.807, 2.05) is 0 Å². The number of piperidine rings is 1. The molecular formula is C29H40N2O5. The van der Waals surface area contributed by atoms with Crippen LogP contribution in [0.25, 0.3) is 0 Å². The number of hydrogen-bond donors (Lipinski definition) is 1. The molecule has 5 atom stereocenters. The fourth-order valence-electron chi connectivity index (χ4n) is 6.98. The van der Waals surface area contributed by atoms with Crippen molar-refractivity contribution in [1.82, 2.24) is 5.32 Å². The number of benzene rings is 2. The number of ether oxygens (including phenoxy) is 4. The monoisotopic (exact) mass is 496 g/mol. The summed E-state index contributed by atoms with van der Waals surface area (Å²) in [6.45, 7) is 4.51. The van der Waals surface area contributed by atoms with Gasteiger partial charge in [-0.25, -0.2) is 0 Å². The number of hydrogen-bond acceptors (Lipinski definition) is 6. The molecular weight excluding hydrogens is 456 g/mol. The summed E-state index contributed by atoms with van der Waals surface area (Å²) in [4.78, 5) is 0. The van der Waals surface area contributed by atoms with Gasteiger partial charge in [-0.3, -0.25) is 0 Å². The van der Waals surface area contributed by atoms with Gasteiger partial charge in [-0.15, -0.1) is 0 Å². The van der Waals surface area contributed by atoms with Crippen LogP contribution in [0.3, 0.4) is 0 Å². The normalized spacial score (nSPS) is 28.9. The third-order valence-electron chi connectivity index (χ3n) is 8.94. The van der Waals surface area contributed by atoms with Crippen molar-refractivity contribution < 1.29 is 23.6 Å². The molecule has 0 aromatic heterocycles. The lowest BCUT2D eigenvalue weighted by Crippen LogP contribution is -2.57. The van der Waals surface area contributed by atoms with Gasteiger partial charge in [0.15, 0.2) is 23.0 Å². The lowest BCUT2D eigenvalue weighted by atomic mass is 9.72. The molecule has 2 aromatic rings. The van der Waals surface area contributed by atoms with Crippen molar-refractivity contribution in [2.24, 2.45) is 11.8 Å². The van der Waals surface area contributed by atoms with Crippen LogP contribution < -0.4 is 24.3 Å². The van der Waals surface area contributed by atoms with E-state index in [1.165, 1.54) is 16.7 Å². The van der Waals surface area contributed by atoms with E-state index in [0.29, 0.717) is 30.7 Å². The van der Waals surface area contributed by atoms with E-state index in [-0.39, 0.29) is 16.7 Å². The molecule has 0 amide bonds. The van der Waals surface area contributed by atoms with E-state index < -0.39 is 0 Å². The lowest BCUT2D eigenvalue weighted by Gasteiger charge is -2.58. The molecule has 5 rings (SSSR count). The lowest BCUT2D eigenvalue weighted by molar-refractivity contribution is -0.924. The van der Waals surface area contributed by atoms with E-state index >= 15 is 0 Å². The standard InChI is InChI=1S/C29H40N2O5/c1-6-18-17-31(32)10-8-20-14-27(34-3)29(36-5)16-23(20)25(31)12-21(18)11-24-22-15-28(35-4)26(33-2)13-19(22)7-9-30-24/h13-16,18,21,24-25,30H,6-12,17H2,1-5H3/t18-,21+,24-,25+,31?/m1/s1. The van der Waals surface area contributed by atoms with Gasteiger partial charge in [-0.1, -0.05) is 6.92 Å². The number of nitrogens with zero attached hydrogens (tertiary/aromatic N) is 1. The number of fused-ring (bicyclic) bond motifs is 4. The van der Waals surface area contributed by atoms with Crippen LogP contribution in [0.15, 0.2) is 24.3 Å². The summed E-state index contributed by atoms with van der Waals surface area (Å²) in [7, 11) is 6.72. The third-order valence-corrected chi connectivity index (χ3v) is 8.94. The molecule has 1 unspecified atom stereocenters. The SMILES string of the molecule is CC[C@@H]1C[N+]2([O-])CCc3cc(OC)c(OC)cc3[C@@H]2C[C@@H]1C[C@H]1NCCc2cc(OC)c(OC)cc21. The second-order valence-electron chi connectivity index (χ2n) is 10.6. The first-order chi connectivity index (χ1) is 17.4. The van der Waals surface area contributed by atoms with Crippen molar-refractivity contribution in [3.8, 4) is 23.0 Å². The summed E-state index contributed by atoms with van der Waals surface area (Å²) in [5, 5.41) is 18.0. The second-order valence-corrected chi connectivity index (χ2v) is 10.6. The molecule has 0 bridgehead atoms. The molecule has 7 nitrogen and oxygen atoms in total. The summed E-state index contributed by atoms with van der Waals surface area (Å²) >= 11 is 0. The topological polar surface area (TPSA) is 72.0 Å². The molecule has 3 aliphatic rings. The highest BCUT2D eigenvalue weighted by molar-refractivity contribution is 5.50. The third kappa shape index (κ3) is 4.31. The van der Waals surface area contributed by atoms with E-state index in [4.69, 9.17) is 18.9 Å². The average Bonchev–Trinajstić information content (AvgIpc) is 2.91. The van der Waals surface area contributed by atoms with Crippen molar-refractivity contribution >= 4 is 0 Å². The number of quaternary nitrogens is 1. The molecule has 1 fully saturated rings. The van der Waals surface area contributed by atoms with Crippen LogP contribution in [0.2, 0.25) is 0 Å². The Hall–Kier alpha value is -2.48. The van der Waals surface area contributed by atoms with E-state index in [0.717, 1.165) is 61.5 Å². The van der Waals surface area contributed by atoms with Crippen molar-refractivity contribution in [1.29, 1.82) is 0 Å². The smallest absolute Gasteiger partial charge is 0.161 e. The van der Waals surface area contributed by atoms with Crippen LogP contribution in [0, 0.1) is 17.0 Å². The highest BCUT2D eigenvalue weighted by Crippen LogP contribution is 2.51. The van der Waals surface area contributed by atoms with Gasteiger partial charge >= 0.3 is 0 Å². The van der Waals surface area contributed by atoms with E-state index in [1.54, 1.807) is 28.4 Å². The highest BCUT2D eigenvalue weighted by atomic mass is 16.5. The van der Waals surface area contributed by atoms with Crippen molar-refractivity contribution in [3.63, 3.8) is 0 Å². The Balaban J connectivity index is 1.46. The van der Waals surface area contributed by atoms with Gasteiger partial charge in [0.2, 0.25) is 0 Å². The summed E-state index contributed by atoms with van der Waals surface area (Å²) in [6, 6.07) is 8.61. The van der Waals surface area contributed by atoms with E-state index in [2.05, 4.69) is 36.5 Å². The van der Waals surface area contributed by atoms with Crippen LogP contribution in [0.4, 0.5) is 0 Å². The number of nitrogens with one attached hydrogen (secondary N) is 1. The summed E-state index contributed by atoms with van der Waals surface area (Å²) in [5.41, 5.74) is 5.01. The fraction of sp³-hybridized carbons (Fsp3) is 0.586. The maximum atomic E-state index is 14.2. The molecule has 0 aliphatic carbocycles. The largest absolute Gasteiger partial charge is 0.632 e. The first kappa shape index (κ1) is 25.2. The molecule has 0 radical (unpaired) electrons. The molecule has 36 heavy (non-hydrogen) atoms. The Kier molecular flexibility index (Phi) is 7.07. The molecule has 7 heteroatoms. The van der Waals surface area contributed by atoms with E-state index in [9.17, 15) is 5.21 Å².